The van der Waals surface area contributed by atoms with Gasteiger partial charge in [0.05, 0.1) is 10.9 Å². The van der Waals surface area contributed by atoms with E-state index in [1.54, 1.807) is 18.2 Å². The van der Waals surface area contributed by atoms with E-state index < -0.39 is 15.9 Å². The van der Waals surface area contributed by atoms with Crippen molar-refractivity contribution in [3.8, 4) is 0 Å². The van der Waals surface area contributed by atoms with Gasteiger partial charge in [0.25, 0.3) is 0 Å². The van der Waals surface area contributed by atoms with Crippen LogP contribution in [-0.4, -0.2) is 26.6 Å². The largest absolute Gasteiger partial charge is 0.331 e. The van der Waals surface area contributed by atoms with E-state index in [9.17, 15) is 18.0 Å². The van der Waals surface area contributed by atoms with E-state index in [2.05, 4.69) is 16.0 Å². The van der Waals surface area contributed by atoms with Gasteiger partial charge in [0.2, 0.25) is 5.91 Å². The first-order chi connectivity index (χ1) is 12.1. The third kappa shape index (κ3) is 5.59. The molecule has 0 aliphatic heterocycles. The second kappa shape index (κ2) is 8.01. The molecule has 8 heteroatoms. The van der Waals surface area contributed by atoms with Gasteiger partial charge < -0.3 is 16.0 Å². The summed E-state index contributed by atoms with van der Waals surface area (Å²) in [6.07, 6.45) is 1.12. The second-order valence-corrected chi connectivity index (χ2v) is 7.94. The zero-order chi connectivity index (χ0) is 19.3. The molecule has 1 atom stereocenters. The monoisotopic (exact) mass is 375 g/mol. The molecule has 2 aromatic rings. The van der Waals surface area contributed by atoms with Gasteiger partial charge in [0.1, 0.15) is 0 Å². The number of hydrogen-bond acceptors (Lipinski definition) is 4. The molecular formula is C18H21N3O4S. The number of carbonyl (C=O) groups excluding carboxylic acids is 2. The molecule has 0 radical (unpaired) electrons. The molecule has 0 saturated heterocycles. The maximum Gasteiger partial charge on any atom is 0.319 e. The van der Waals surface area contributed by atoms with Crippen LogP contribution in [0.5, 0.6) is 0 Å². The molecule has 0 heterocycles. The Morgan fingerprint density at radius 3 is 2.19 bits per heavy atom. The molecule has 3 amide bonds. The third-order valence-electron chi connectivity index (χ3n) is 3.59. The standard InChI is InChI=1S/C18H21N3O4S/c1-12(14-5-4-6-16(11-14)20-13(2)22)19-18(23)21-15-7-9-17(10-8-15)26(3,24)25/h4-12H,1-3H3,(H,20,22)(H2,19,21,23). The summed E-state index contributed by atoms with van der Waals surface area (Å²) in [7, 11) is -3.27. The lowest BCUT2D eigenvalue weighted by atomic mass is 10.1. The van der Waals surface area contributed by atoms with Crippen molar-refractivity contribution in [2.24, 2.45) is 0 Å². The van der Waals surface area contributed by atoms with E-state index in [1.807, 2.05) is 13.0 Å². The zero-order valence-electron chi connectivity index (χ0n) is 14.7. The number of carbonyl (C=O) groups is 2. The number of hydrogen-bond donors (Lipinski definition) is 3. The van der Waals surface area contributed by atoms with Gasteiger partial charge >= 0.3 is 6.03 Å². The van der Waals surface area contributed by atoms with Crippen LogP contribution in [0.15, 0.2) is 53.4 Å². The first kappa shape index (κ1) is 19.5. The highest BCUT2D eigenvalue weighted by atomic mass is 32.2. The molecule has 138 valence electrons. The highest BCUT2D eigenvalue weighted by molar-refractivity contribution is 7.90. The molecule has 0 fully saturated rings. The molecule has 7 nitrogen and oxygen atoms in total. The first-order valence-corrected chi connectivity index (χ1v) is 9.79. The Balaban J connectivity index is 2.00. The van der Waals surface area contributed by atoms with Gasteiger partial charge in [-0.25, -0.2) is 13.2 Å². The van der Waals surface area contributed by atoms with Gasteiger partial charge in [-0.2, -0.15) is 0 Å². The van der Waals surface area contributed by atoms with Crippen molar-refractivity contribution in [3.63, 3.8) is 0 Å². The number of benzene rings is 2. The van der Waals surface area contributed by atoms with Gasteiger partial charge in [-0.1, -0.05) is 12.1 Å². The van der Waals surface area contributed by atoms with Gasteiger partial charge in [0, 0.05) is 24.6 Å². The van der Waals surface area contributed by atoms with E-state index in [1.165, 1.54) is 31.2 Å². The van der Waals surface area contributed by atoms with Crippen molar-refractivity contribution in [1.29, 1.82) is 0 Å². The lowest BCUT2D eigenvalue weighted by molar-refractivity contribution is -0.114. The van der Waals surface area contributed by atoms with Crippen LogP contribution in [0.25, 0.3) is 0 Å². The maximum atomic E-state index is 12.1. The van der Waals surface area contributed by atoms with E-state index in [4.69, 9.17) is 0 Å². The number of amides is 3. The Morgan fingerprint density at radius 1 is 0.962 bits per heavy atom. The van der Waals surface area contributed by atoms with E-state index in [0.717, 1.165) is 11.8 Å². The summed E-state index contributed by atoms with van der Waals surface area (Å²) in [6, 6.07) is 12.4. The normalized spacial score (nSPS) is 12.1. The molecule has 0 aliphatic rings. The number of nitrogens with one attached hydrogen (secondary N) is 3. The fraction of sp³-hybridized carbons (Fsp3) is 0.222. The van der Waals surface area contributed by atoms with Crippen molar-refractivity contribution >= 4 is 33.2 Å². The molecule has 2 aromatic carbocycles. The fourth-order valence-corrected chi connectivity index (χ4v) is 2.95. The van der Waals surface area contributed by atoms with Gasteiger partial charge in [0.15, 0.2) is 9.84 Å². The van der Waals surface area contributed by atoms with Crippen molar-refractivity contribution in [1.82, 2.24) is 5.32 Å². The molecule has 0 aromatic heterocycles. The Bertz CT molecular complexity index is 908. The van der Waals surface area contributed by atoms with Crippen LogP contribution in [0, 0.1) is 0 Å². The summed E-state index contributed by atoms with van der Waals surface area (Å²) in [5.41, 5.74) is 1.97. The molecule has 0 bridgehead atoms. The number of urea groups is 1. The van der Waals surface area contributed by atoms with Crippen LogP contribution in [0.2, 0.25) is 0 Å². The average Bonchev–Trinajstić information content (AvgIpc) is 2.54. The summed E-state index contributed by atoms with van der Waals surface area (Å²) in [5.74, 6) is -0.168. The minimum absolute atomic E-state index is 0.168. The van der Waals surface area contributed by atoms with Gasteiger partial charge in [-0.05, 0) is 48.9 Å². The van der Waals surface area contributed by atoms with Crippen LogP contribution in [0.4, 0.5) is 16.2 Å². The lowest BCUT2D eigenvalue weighted by Crippen LogP contribution is -2.31. The molecule has 2 rings (SSSR count). The SMILES string of the molecule is CC(=O)Nc1cccc(C(C)NC(=O)Nc2ccc(S(C)(=O)=O)cc2)c1. The number of rotatable bonds is 5. The Morgan fingerprint density at radius 2 is 1.62 bits per heavy atom. The summed E-state index contributed by atoms with van der Waals surface area (Å²) in [5, 5.41) is 8.14. The molecule has 3 N–H and O–H groups in total. The summed E-state index contributed by atoms with van der Waals surface area (Å²) in [6.45, 7) is 3.25. The number of sulfone groups is 1. The van der Waals surface area contributed by atoms with Crippen LogP contribution >= 0.6 is 0 Å². The summed E-state index contributed by atoms with van der Waals surface area (Å²) in [4.78, 5) is 23.4. The Hall–Kier alpha value is -2.87. The summed E-state index contributed by atoms with van der Waals surface area (Å²) < 4.78 is 22.9. The van der Waals surface area contributed by atoms with Gasteiger partial charge in [-0.3, -0.25) is 4.79 Å². The Kier molecular flexibility index (Phi) is 5.99. The van der Waals surface area contributed by atoms with Crippen LogP contribution in [0.3, 0.4) is 0 Å². The van der Waals surface area contributed by atoms with Crippen LogP contribution in [0.1, 0.15) is 25.5 Å². The maximum absolute atomic E-state index is 12.1. The van der Waals surface area contributed by atoms with Crippen molar-refractivity contribution < 1.29 is 18.0 Å². The van der Waals surface area contributed by atoms with Crippen molar-refractivity contribution in [3.05, 3.63) is 54.1 Å². The van der Waals surface area contributed by atoms with Crippen molar-refractivity contribution in [2.45, 2.75) is 24.8 Å². The van der Waals surface area contributed by atoms with Crippen molar-refractivity contribution in [2.75, 3.05) is 16.9 Å². The molecule has 26 heavy (non-hydrogen) atoms. The zero-order valence-corrected chi connectivity index (χ0v) is 15.6. The predicted molar refractivity (Wildman–Crippen MR) is 101 cm³/mol. The molecular weight excluding hydrogens is 354 g/mol. The first-order valence-electron chi connectivity index (χ1n) is 7.90. The highest BCUT2D eigenvalue weighted by Gasteiger charge is 2.11. The predicted octanol–water partition coefficient (Wildman–Crippen LogP) is 2.93. The third-order valence-corrected chi connectivity index (χ3v) is 4.72. The fourth-order valence-electron chi connectivity index (χ4n) is 2.32. The molecule has 0 saturated carbocycles. The lowest BCUT2D eigenvalue weighted by Gasteiger charge is -2.16. The Labute approximate surface area is 152 Å². The topological polar surface area (TPSA) is 104 Å². The number of anilines is 2. The molecule has 0 aliphatic carbocycles. The minimum atomic E-state index is -3.27. The minimum Gasteiger partial charge on any atom is -0.331 e. The van der Waals surface area contributed by atoms with Crippen LogP contribution < -0.4 is 16.0 Å². The van der Waals surface area contributed by atoms with Gasteiger partial charge in [-0.15, -0.1) is 0 Å². The highest BCUT2D eigenvalue weighted by Crippen LogP contribution is 2.18. The second-order valence-electron chi connectivity index (χ2n) is 5.92. The summed E-state index contributed by atoms with van der Waals surface area (Å²) >= 11 is 0. The molecule has 0 spiro atoms. The quantitative estimate of drug-likeness (QED) is 0.747. The van der Waals surface area contributed by atoms with E-state index in [-0.39, 0.29) is 16.8 Å². The van der Waals surface area contributed by atoms with E-state index >= 15 is 0 Å². The van der Waals surface area contributed by atoms with Crippen LogP contribution in [-0.2, 0) is 14.6 Å². The van der Waals surface area contributed by atoms with E-state index in [0.29, 0.717) is 11.4 Å². The smallest absolute Gasteiger partial charge is 0.319 e. The average molecular weight is 375 g/mol. The molecule has 1 unspecified atom stereocenters.